The fourth-order valence-electron chi connectivity index (χ4n) is 3.16. The predicted octanol–water partition coefficient (Wildman–Crippen LogP) is 2.94. The topological polar surface area (TPSA) is 41.1 Å². The molecule has 1 N–H and O–H groups in total. The molecular weight excluding hydrogens is 236 g/mol. The van der Waals surface area contributed by atoms with Crippen LogP contribution in [-0.4, -0.2) is 29.6 Å². The van der Waals surface area contributed by atoms with Crippen molar-refractivity contribution in [1.82, 2.24) is 9.97 Å². The SMILES string of the molecule is CNc1nc(C2CC2)nc(N2CC(C)CC2C)c1C. The van der Waals surface area contributed by atoms with Gasteiger partial charge in [0, 0.05) is 31.1 Å². The zero-order valence-corrected chi connectivity index (χ0v) is 12.4. The predicted molar refractivity (Wildman–Crippen MR) is 78.9 cm³/mol. The fraction of sp³-hybridized carbons (Fsp3) is 0.733. The van der Waals surface area contributed by atoms with Gasteiger partial charge in [-0.15, -0.1) is 0 Å². The molecule has 0 spiro atoms. The fourth-order valence-corrected chi connectivity index (χ4v) is 3.16. The molecule has 1 aromatic rings. The lowest BCUT2D eigenvalue weighted by Crippen LogP contribution is -2.29. The van der Waals surface area contributed by atoms with Crippen LogP contribution in [0.4, 0.5) is 11.6 Å². The lowest BCUT2D eigenvalue weighted by Gasteiger charge is -2.25. The van der Waals surface area contributed by atoms with Crippen LogP contribution in [0, 0.1) is 12.8 Å². The third-order valence-electron chi connectivity index (χ3n) is 4.37. The van der Waals surface area contributed by atoms with E-state index in [9.17, 15) is 0 Å². The molecule has 0 aromatic carbocycles. The third kappa shape index (κ3) is 2.28. The minimum absolute atomic E-state index is 0.584. The van der Waals surface area contributed by atoms with Gasteiger partial charge in [-0.3, -0.25) is 0 Å². The van der Waals surface area contributed by atoms with Crippen molar-refractivity contribution in [2.45, 2.75) is 52.0 Å². The van der Waals surface area contributed by atoms with Crippen LogP contribution in [0.2, 0.25) is 0 Å². The van der Waals surface area contributed by atoms with Crippen molar-refractivity contribution in [3.63, 3.8) is 0 Å². The van der Waals surface area contributed by atoms with E-state index in [0.717, 1.165) is 29.9 Å². The summed E-state index contributed by atoms with van der Waals surface area (Å²) in [4.78, 5) is 12.0. The molecule has 2 aliphatic rings. The second kappa shape index (κ2) is 4.66. The third-order valence-corrected chi connectivity index (χ3v) is 4.37. The van der Waals surface area contributed by atoms with Crippen LogP contribution >= 0.6 is 0 Å². The van der Waals surface area contributed by atoms with Crippen molar-refractivity contribution in [2.75, 3.05) is 23.8 Å². The van der Waals surface area contributed by atoms with Gasteiger partial charge in [-0.2, -0.15) is 0 Å². The van der Waals surface area contributed by atoms with Crippen LogP contribution in [-0.2, 0) is 0 Å². The lowest BCUT2D eigenvalue weighted by molar-refractivity contribution is 0.625. The monoisotopic (exact) mass is 260 g/mol. The van der Waals surface area contributed by atoms with Crippen molar-refractivity contribution in [2.24, 2.45) is 5.92 Å². The molecule has 0 bridgehead atoms. The van der Waals surface area contributed by atoms with Crippen molar-refractivity contribution >= 4 is 11.6 Å². The number of hydrogen-bond donors (Lipinski definition) is 1. The highest BCUT2D eigenvalue weighted by Crippen LogP contribution is 2.41. The molecule has 3 rings (SSSR count). The summed E-state index contributed by atoms with van der Waals surface area (Å²) in [5.74, 6) is 4.54. The molecule has 0 amide bonds. The van der Waals surface area contributed by atoms with Crippen LogP contribution in [0.5, 0.6) is 0 Å². The number of nitrogens with zero attached hydrogens (tertiary/aromatic N) is 3. The van der Waals surface area contributed by atoms with Crippen molar-refractivity contribution in [3.05, 3.63) is 11.4 Å². The number of rotatable bonds is 3. The highest BCUT2D eigenvalue weighted by molar-refractivity contribution is 5.59. The highest BCUT2D eigenvalue weighted by Gasteiger charge is 2.32. The van der Waals surface area contributed by atoms with E-state index in [2.05, 4.69) is 36.0 Å². The van der Waals surface area contributed by atoms with Gasteiger partial charge >= 0.3 is 0 Å². The molecule has 2 fully saturated rings. The van der Waals surface area contributed by atoms with Gasteiger partial charge < -0.3 is 10.2 Å². The first kappa shape index (κ1) is 12.7. The van der Waals surface area contributed by atoms with Gasteiger partial charge in [-0.1, -0.05) is 6.92 Å². The van der Waals surface area contributed by atoms with Gasteiger partial charge in [0.15, 0.2) is 0 Å². The molecule has 104 valence electrons. The van der Waals surface area contributed by atoms with Crippen molar-refractivity contribution < 1.29 is 0 Å². The summed E-state index contributed by atoms with van der Waals surface area (Å²) in [5, 5.41) is 3.23. The summed E-state index contributed by atoms with van der Waals surface area (Å²) in [6, 6.07) is 0.584. The van der Waals surface area contributed by atoms with Crippen LogP contribution in [0.25, 0.3) is 0 Å². The van der Waals surface area contributed by atoms with Gasteiger partial charge in [-0.25, -0.2) is 9.97 Å². The van der Waals surface area contributed by atoms with Gasteiger partial charge in [0.05, 0.1) is 0 Å². The maximum Gasteiger partial charge on any atom is 0.137 e. The molecule has 19 heavy (non-hydrogen) atoms. The Kier molecular flexibility index (Phi) is 3.11. The normalized spacial score (nSPS) is 26.8. The number of nitrogens with one attached hydrogen (secondary N) is 1. The Morgan fingerprint density at radius 3 is 2.47 bits per heavy atom. The molecular formula is C15H24N4. The summed E-state index contributed by atoms with van der Waals surface area (Å²) in [7, 11) is 1.95. The molecule has 1 saturated heterocycles. The number of aromatic nitrogens is 2. The second-order valence-corrected chi connectivity index (χ2v) is 6.25. The van der Waals surface area contributed by atoms with Gasteiger partial charge in [0.1, 0.15) is 17.5 Å². The lowest BCUT2D eigenvalue weighted by atomic mass is 10.1. The quantitative estimate of drug-likeness (QED) is 0.907. The van der Waals surface area contributed by atoms with E-state index in [1.165, 1.54) is 24.8 Å². The van der Waals surface area contributed by atoms with Crippen LogP contribution in [0.1, 0.15) is 50.4 Å². The zero-order valence-electron chi connectivity index (χ0n) is 12.4. The van der Waals surface area contributed by atoms with E-state index >= 15 is 0 Å². The summed E-state index contributed by atoms with van der Waals surface area (Å²) in [6.07, 6.45) is 3.76. The van der Waals surface area contributed by atoms with Crippen molar-refractivity contribution in [1.29, 1.82) is 0 Å². The van der Waals surface area contributed by atoms with E-state index in [1.807, 2.05) is 7.05 Å². The average molecular weight is 260 g/mol. The molecule has 4 heteroatoms. The summed E-state index contributed by atoms with van der Waals surface area (Å²) in [6.45, 7) is 7.88. The van der Waals surface area contributed by atoms with Gasteiger partial charge in [0.25, 0.3) is 0 Å². The molecule has 2 heterocycles. The maximum atomic E-state index is 4.88. The largest absolute Gasteiger partial charge is 0.373 e. The Balaban J connectivity index is 2.01. The number of anilines is 2. The van der Waals surface area contributed by atoms with E-state index in [0.29, 0.717) is 12.0 Å². The first-order chi connectivity index (χ1) is 9.10. The smallest absolute Gasteiger partial charge is 0.137 e. The first-order valence-electron chi connectivity index (χ1n) is 7.43. The second-order valence-electron chi connectivity index (χ2n) is 6.25. The van der Waals surface area contributed by atoms with Crippen LogP contribution < -0.4 is 10.2 Å². The maximum absolute atomic E-state index is 4.88. The summed E-state index contributed by atoms with van der Waals surface area (Å²) < 4.78 is 0. The number of hydrogen-bond acceptors (Lipinski definition) is 4. The molecule has 1 aromatic heterocycles. The van der Waals surface area contributed by atoms with Gasteiger partial charge in [0.2, 0.25) is 0 Å². The Hall–Kier alpha value is -1.32. The first-order valence-corrected chi connectivity index (χ1v) is 7.43. The molecule has 1 saturated carbocycles. The van der Waals surface area contributed by atoms with E-state index < -0.39 is 0 Å². The molecule has 2 atom stereocenters. The Labute approximate surface area is 115 Å². The Morgan fingerprint density at radius 1 is 1.21 bits per heavy atom. The van der Waals surface area contributed by atoms with Gasteiger partial charge in [-0.05, 0) is 39.0 Å². The van der Waals surface area contributed by atoms with E-state index in [4.69, 9.17) is 4.98 Å². The Bertz CT molecular complexity index is 481. The zero-order chi connectivity index (χ0) is 13.6. The average Bonchev–Trinajstić information content (AvgIpc) is 3.16. The minimum Gasteiger partial charge on any atom is -0.373 e. The highest BCUT2D eigenvalue weighted by atomic mass is 15.2. The Morgan fingerprint density at radius 2 is 1.95 bits per heavy atom. The summed E-state index contributed by atoms with van der Waals surface area (Å²) >= 11 is 0. The molecule has 1 aliphatic heterocycles. The molecule has 1 aliphatic carbocycles. The van der Waals surface area contributed by atoms with Crippen LogP contribution in [0.15, 0.2) is 0 Å². The minimum atomic E-state index is 0.584. The van der Waals surface area contributed by atoms with Crippen LogP contribution in [0.3, 0.4) is 0 Å². The van der Waals surface area contributed by atoms with E-state index in [1.54, 1.807) is 0 Å². The standard InChI is InChI=1S/C15H24N4/c1-9-7-10(2)19(8-9)15-11(3)13(16-4)17-14(18-15)12-5-6-12/h9-10,12H,5-8H2,1-4H3,(H,16,17,18). The molecule has 0 radical (unpaired) electrons. The van der Waals surface area contributed by atoms with E-state index in [-0.39, 0.29) is 0 Å². The molecule has 2 unspecified atom stereocenters. The van der Waals surface area contributed by atoms with Crippen molar-refractivity contribution in [3.8, 4) is 0 Å². The molecule has 4 nitrogen and oxygen atoms in total. The summed E-state index contributed by atoms with van der Waals surface area (Å²) in [5.41, 5.74) is 1.19.